The lowest BCUT2D eigenvalue weighted by Crippen LogP contribution is -2.28. The van der Waals surface area contributed by atoms with Crippen LogP contribution in [0.25, 0.3) is 20.8 Å². The van der Waals surface area contributed by atoms with E-state index in [-0.39, 0.29) is 6.03 Å². The van der Waals surface area contributed by atoms with E-state index in [1.807, 2.05) is 55.5 Å². The molecule has 0 aliphatic carbocycles. The first-order valence-corrected chi connectivity index (χ1v) is 9.97. The van der Waals surface area contributed by atoms with Gasteiger partial charge in [-0.3, -0.25) is 0 Å². The van der Waals surface area contributed by atoms with E-state index in [0.29, 0.717) is 6.54 Å². The van der Waals surface area contributed by atoms with Crippen LogP contribution < -0.4 is 10.6 Å². The van der Waals surface area contributed by atoms with Crippen LogP contribution in [0.15, 0.2) is 66.7 Å². The molecule has 0 bridgehead atoms. The van der Waals surface area contributed by atoms with Crippen molar-refractivity contribution >= 4 is 33.3 Å². The summed E-state index contributed by atoms with van der Waals surface area (Å²) >= 11 is 1.68. The van der Waals surface area contributed by atoms with Crippen molar-refractivity contribution in [3.05, 3.63) is 83.4 Å². The molecule has 2 N–H and O–H groups in total. The summed E-state index contributed by atoms with van der Waals surface area (Å²) in [5.41, 5.74) is 6.33. The van der Waals surface area contributed by atoms with E-state index in [4.69, 9.17) is 4.98 Å². The fraction of sp³-hybridized carbons (Fsp3) is 0.130. The maximum Gasteiger partial charge on any atom is 0.319 e. The first-order chi connectivity index (χ1) is 13.6. The van der Waals surface area contributed by atoms with E-state index in [1.54, 1.807) is 11.3 Å². The Labute approximate surface area is 168 Å². The van der Waals surface area contributed by atoms with Crippen LogP contribution >= 0.6 is 11.3 Å². The molecule has 0 fully saturated rings. The Kier molecular flexibility index (Phi) is 5.08. The van der Waals surface area contributed by atoms with Crippen LogP contribution in [0.3, 0.4) is 0 Å². The van der Waals surface area contributed by atoms with Crippen LogP contribution in [-0.4, -0.2) is 11.0 Å². The molecule has 0 aliphatic heterocycles. The van der Waals surface area contributed by atoms with Crippen LogP contribution in [0.4, 0.5) is 10.5 Å². The number of fused-ring (bicyclic) bond motifs is 1. The summed E-state index contributed by atoms with van der Waals surface area (Å²) in [6, 6.07) is 21.9. The molecule has 0 saturated heterocycles. The van der Waals surface area contributed by atoms with E-state index in [1.165, 1.54) is 10.3 Å². The number of aromatic nitrogens is 1. The predicted octanol–water partition coefficient (Wildman–Crippen LogP) is 5.90. The molecule has 1 heterocycles. The highest BCUT2D eigenvalue weighted by Gasteiger charge is 2.08. The highest BCUT2D eigenvalue weighted by Crippen LogP contribution is 2.31. The molecule has 0 saturated carbocycles. The Balaban J connectivity index is 1.41. The van der Waals surface area contributed by atoms with Gasteiger partial charge in [-0.05, 0) is 66.9 Å². The standard InChI is InChI=1S/C23H21N3OS/c1-15-7-12-20-21(13-15)28-22(26-20)17-8-10-19(11-9-17)25-23(27)24-14-18-6-4-3-5-16(18)2/h3-13H,14H2,1-2H3,(H2,24,25,27). The lowest BCUT2D eigenvalue weighted by molar-refractivity contribution is 0.251. The Hall–Kier alpha value is -3.18. The molecule has 3 aromatic carbocycles. The van der Waals surface area contributed by atoms with Crippen LogP contribution in [0.1, 0.15) is 16.7 Å². The second-order valence-corrected chi connectivity index (χ2v) is 7.83. The van der Waals surface area contributed by atoms with Gasteiger partial charge in [-0.2, -0.15) is 0 Å². The zero-order chi connectivity index (χ0) is 19.5. The molecule has 0 radical (unpaired) electrons. The van der Waals surface area contributed by atoms with Gasteiger partial charge in [0.05, 0.1) is 10.2 Å². The lowest BCUT2D eigenvalue weighted by Gasteiger charge is -2.09. The monoisotopic (exact) mass is 387 g/mol. The van der Waals surface area contributed by atoms with E-state index in [2.05, 4.69) is 35.8 Å². The summed E-state index contributed by atoms with van der Waals surface area (Å²) < 4.78 is 1.19. The van der Waals surface area contributed by atoms with E-state index in [9.17, 15) is 4.79 Å². The lowest BCUT2D eigenvalue weighted by atomic mass is 10.1. The van der Waals surface area contributed by atoms with Gasteiger partial charge in [-0.1, -0.05) is 30.3 Å². The maximum absolute atomic E-state index is 12.2. The van der Waals surface area contributed by atoms with Gasteiger partial charge in [0.15, 0.2) is 0 Å². The first kappa shape index (κ1) is 18.2. The minimum absolute atomic E-state index is 0.216. The number of urea groups is 1. The van der Waals surface area contributed by atoms with Crippen molar-refractivity contribution in [2.24, 2.45) is 0 Å². The van der Waals surface area contributed by atoms with Crippen molar-refractivity contribution in [1.29, 1.82) is 0 Å². The Morgan fingerprint density at radius 1 is 1.00 bits per heavy atom. The fourth-order valence-corrected chi connectivity index (χ4v) is 4.08. The topological polar surface area (TPSA) is 54.0 Å². The number of benzene rings is 3. The van der Waals surface area contributed by atoms with Crippen molar-refractivity contribution in [3.63, 3.8) is 0 Å². The van der Waals surface area contributed by atoms with Crippen LogP contribution in [0.5, 0.6) is 0 Å². The second kappa shape index (κ2) is 7.82. The molecule has 5 heteroatoms. The third kappa shape index (κ3) is 4.05. The molecule has 28 heavy (non-hydrogen) atoms. The third-order valence-corrected chi connectivity index (χ3v) is 5.70. The van der Waals surface area contributed by atoms with E-state index >= 15 is 0 Å². The number of nitrogens with one attached hydrogen (secondary N) is 2. The summed E-state index contributed by atoms with van der Waals surface area (Å²) in [6.45, 7) is 4.63. The van der Waals surface area contributed by atoms with E-state index < -0.39 is 0 Å². The summed E-state index contributed by atoms with van der Waals surface area (Å²) in [5.74, 6) is 0. The van der Waals surface area contributed by atoms with Gasteiger partial charge in [-0.15, -0.1) is 11.3 Å². The minimum atomic E-state index is -0.216. The average molecular weight is 388 g/mol. The van der Waals surface area contributed by atoms with Crippen molar-refractivity contribution in [1.82, 2.24) is 10.3 Å². The zero-order valence-corrected chi connectivity index (χ0v) is 16.6. The van der Waals surface area contributed by atoms with Gasteiger partial charge in [0.1, 0.15) is 5.01 Å². The number of hydrogen-bond acceptors (Lipinski definition) is 3. The molecule has 1 aromatic heterocycles. The molecule has 0 aliphatic rings. The smallest absolute Gasteiger partial charge is 0.319 e. The molecule has 0 unspecified atom stereocenters. The average Bonchev–Trinajstić information content (AvgIpc) is 3.11. The van der Waals surface area contributed by atoms with Gasteiger partial charge >= 0.3 is 6.03 Å². The molecular weight excluding hydrogens is 366 g/mol. The summed E-state index contributed by atoms with van der Waals surface area (Å²) in [7, 11) is 0. The van der Waals surface area contributed by atoms with Gasteiger partial charge < -0.3 is 10.6 Å². The quantitative estimate of drug-likeness (QED) is 0.458. The number of aryl methyl sites for hydroxylation is 2. The van der Waals surface area contributed by atoms with Gasteiger partial charge in [0.2, 0.25) is 0 Å². The van der Waals surface area contributed by atoms with Crippen molar-refractivity contribution in [2.75, 3.05) is 5.32 Å². The second-order valence-electron chi connectivity index (χ2n) is 6.80. The van der Waals surface area contributed by atoms with Crippen molar-refractivity contribution in [2.45, 2.75) is 20.4 Å². The summed E-state index contributed by atoms with van der Waals surface area (Å²) in [5, 5.41) is 6.76. The third-order valence-electron chi connectivity index (χ3n) is 4.63. The number of thiazole rings is 1. The molecule has 140 valence electrons. The number of rotatable bonds is 4. The molecule has 2 amide bonds. The fourth-order valence-electron chi connectivity index (χ4n) is 3.01. The summed E-state index contributed by atoms with van der Waals surface area (Å²) in [6.07, 6.45) is 0. The molecular formula is C23H21N3OS. The normalized spacial score (nSPS) is 10.8. The van der Waals surface area contributed by atoms with Crippen molar-refractivity contribution in [3.8, 4) is 10.6 Å². The zero-order valence-electron chi connectivity index (χ0n) is 15.8. The van der Waals surface area contributed by atoms with Crippen LogP contribution in [0.2, 0.25) is 0 Å². The Morgan fingerprint density at radius 2 is 1.79 bits per heavy atom. The number of nitrogens with zero attached hydrogens (tertiary/aromatic N) is 1. The number of amides is 2. The van der Waals surface area contributed by atoms with Crippen LogP contribution in [-0.2, 0) is 6.54 Å². The SMILES string of the molecule is Cc1ccc2nc(-c3ccc(NC(=O)NCc4ccccc4C)cc3)sc2c1. The van der Waals surface area contributed by atoms with Gasteiger partial charge in [0, 0.05) is 17.8 Å². The van der Waals surface area contributed by atoms with Gasteiger partial charge in [-0.25, -0.2) is 9.78 Å². The largest absolute Gasteiger partial charge is 0.334 e. The number of carbonyl (C=O) groups is 1. The Bertz CT molecular complexity index is 1130. The minimum Gasteiger partial charge on any atom is -0.334 e. The molecule has 4 nitrogen and oxygen atoms in total. The Morgan fingerprint density at radius 3 is 2.57 bits per heavy atom. The van der Waals surface area contributed by atoms with Gasteiger partial charge in [0.25, 0.3) is 0 Å². The maximum atomic E-state index is 12.2. The molecule has 0 spiro atoms. The van der Waals surface area contributed by atoms with E-state index in [0.717, 1.165) is 32.9 Å². The first-order valence-electron chi connectivity index (χ1n) is 9.15. The van der Waals surface area contributed by atoms with Crippen molar-refractivity contribution < 1.29 is 4.79 Å². The van der Waals surface area contributed by atoms with Crippen LogP contribution in [0, 0.1) is 13.8 Å². The molecule has 4 aromatic rings. The highest BCUT2D eigenvalue weighted by molar-refractivity contribution is 7.21. The number of anilines is 1. The number of hydrogen-bond donors (Lipinski definition) is 2. The molecule has 4 rings (SSSR count). The molecule has 0 atom stereocenters. The predicted molar refractivity (Wildman–Crippen MR) is 117 cm³/mol. The summed E-state index contributed by atoms with van der Waals surface area (Å²) in [4.78, 5) is 16.9. The highest BCUT2D eigenvalue weighted by atomic mass is 32.1. The number of carbonyl (C=O) groups excluding carboxylic acids is 1.